The number of amides is 1. The quantitative estimate of drug-likeness (QED) is 0.662. The number of carboxylic acid groups (broad SMARTS) is 1. The van der Waals surface area contributed by atoms with Gasteiger partial charge in [-0.05, 0) is 61.7 Å². The van der Waals surface area contributed by atoms with Gasteiger partial charge in [-0.1, -0.05) is 30.0 Å². The molecule has 0 spiro atoms. The number of aryl methyl sites for hydroxylation is 2. The van der Waals surface area contributed by atoms with E-state index in [9.17, 15) is 14.7 Å². The van der Waals surface area contributed by atoms with E-state index in [2.05, 4.69) is 5.32 Å². The van der Waals surface area contributed by atoms with E-state index in [1.165, 1.54) is 17.8 Å². The summed E-state index contributed by atoms with van der Waals surface area (Å²) in [6, 6.07) is 6.89. The molecule has 1 aliphatic rings. The molecular weight excluding hydrogens is 356 g/mol. The van der Waals surface area contributed by atoms with Gasteiger partial charge in [0.15, 0.2) is 0 Å². The van der Waals surface area contributed by atoms with E-state index in [1.54, 1.807) is 12.1 Å². The predicted octanol–water partition coefficient (Wildman–Crippen LogP) is 2.25. The van der Waals surface area contributed by atoms with Gasteiger partial charge in [0.2, 0.25) is 0 Å². The number of aromatic nitrogens is 1. The third-order valence-corrected chi connectivity index (χ3v) is 5.23. The Hall–Kier alpha value is -2.38. The summed E-state index contributed by atoms with van der Waals surface area (Å²) in [5.74, 6) is -1.38. The van der Waals surface area contributed by atoms with Crippen molar-refractivity contribution < 1.29 is 14.7 Å². The Bertz CT molecular complexity index is 957. The molecule has 25 heavy (non-hydrogen) atoms. The largest absolute Gasteiger partial charge is 0.545 e. The van der Waals surface area contributed by atoms with Crippen LogP contribution >= 0.6 is 24.0 Å². The highest BCUT2D eigenvalue weighted by atomic mass is 32.2. The van der Waals surface area contributed by atoms with Crippen molar-refractivity contribution in [3.05, 3.63) is 57.2 Å². The minimum Gasteiger partial charge on any atom is -0.545 e. The van der Waals surface area contributed by atoms with Crippen LogP contribution in [0.4, 0.5) is 0 Å². The van der Waals surface area contributed by atoms with Crippen molar-refractivity contribution >= 4 is 46.3 Å². The maximum atomic E-state index is 11.9. The van der Waals surface area contributed by atoms with E-state index in [0.717, 1.165) is 28.2 Å². The molecule has 3 rings (SSSR count). The first-order valence-electron chi connectivity index (χ1n) is 7.54. The molecule has 128 valence electrons. The number of nitrogens with one attached hydrogen (secondary N) is 1. The Morgan fingerprint density at radius 1 is 1.28 bits per heavy atom. The van der Waals surface area contributed by atoms with Crippen molar-refractivity contribution in [2.24, 2.45) is 0 Å². The molecule has 0 atom stereocenters. The van der Waals surface area contributed by atoms with Gasteiger partial charge >= 0.3 is 0 Å². The van der Waals surface area contributed by atoms with Gasteiger partial charge in [-0.3, -0.25) is 4.79 Å². The molecule has 1 saturated heterocycles. The Balaban J connectivity index is 2.07. The van der Waals surface area contributed by atoms with Crippen LogP contribution in [0.15, 0.2) is 29.2 Å². The molecule has 1 N–H and O–H groups in total. The summed E-state index contributed by atoms with van der Waals surface area (Å²) in [7, 11) is 0. The topological polar surface area (TPSA) is 74.2 Å². The normalized spacial score (nSPS) is 15.7. The van der Waals surface area contributed by atoms with Crippen LogP contribution in [0.25, 0.3) is 11.8 Å². The fraction of sp³-hybridized carbons (Fsp3) is 0.167. The first-order chi connectivity index (χ1) is 11.8. The van der Waals surface area contributed by atoms with Crippen molar-refractivity contribution in [3.8, 4) is 5.69 Å². The van der Waals surface area contributed by atoms with Crippen LogP contribution in [0.3, 0.4) is 0 Å². The van der Waals surface area contributed by atoms with E-state index >= 15 is 0 Å². The molecule has 0 saturated carbocycles. The maximum Gasteiger partial charge on any atom is 0.263 e. The van der Waals surface area contributed by atoms with Crippen LogP contribution in [0.2, 0.25) is 0 Å². The average Bonchev–Trinajstić information content (AvgIpc) is 2.99. The molecule has 1 aliphatic heterocycles. The Kier molecular flexibility index (Phi) is 4.53. The summed E-state index contributed by atoms with van der Waals surface area (Å²) in [6.07, 6.45) is 1.82. The molecule has 1 amide bonds. The zero-order valence-electron chi connectivity index (χ0n) is 13.9. The standard InChI is InChI=1S/C18H16N2O3S2/c1-9-6-12(17(22)23)4-5-14(9)20-10(2)7-13(11(20)3)8-15-16(21)19-18(24)25-15/h4-8H,1-3H3,(H,22,23)(H,19,21,24)/p-1/b15-8-. The number of hydrogen-bond acceptors (Lipinski definition) is 5. The number of aromatic carboxylic acids is 1. The lowest BCUT2D eigenvalue weighted by Crippen LogP contribution is -2.22. The second-order valence-electron chi connectivity index (χ2n) is 5.80. The highest BCUT2D eigenvalue weighted by molar-refractivity contribution is 8.26. The SMILES string of the molecule is Cc1cc(C(=O)[O-])ccc1-n1c(C)cc(/C=C2\SC(=S)NC2=O)c1C. The number of benzene rings is 1. The van der Waals surface area contributed by atoms with E-state index in [1.807, 2.05) is 37.5 Å². The van der Waals surface area contributed by atoms with E-state index in [-0.39, 0.29) is 11.5 Å². The van der Waals surface area contributed by atoms with Crippen molar-refractivity contribution in [2.45, 2.75) is 20.8 Å². The average molecular weight is 371 g/mol. The van der Waals surface area contributed by atoms with Gasteiger partial charge in [0.1, 0.15) is 4.32 Å². The van der Waals surface area contributed by atoms with E-state index in [0.29, 0.717) is 9.23 Å². The summed E-state index contributed by atoms with van der Waals surface area (Å²) in [5.41, 5.74) is 4.74. The van der Waals surface area contributed by atoms with Gasteiger partial charge in [-0.25, -0.2) is 0 Å². The monoisotopic (exact) mass is 371 g/mol. The van der Waals surface area contributed by atoms with Gasteiger partial charge in [0, 0.05) is 17.1 Å². The Morgan fingerprint density at radius 3 is 2.56 bits per heavy atom. The molecule has 0 unspecified atom stereocenters. The minimum atomic E-state index is -1.19. The molecular formula is C18H15N2O3S2-. The van der Waals surface area contributed by atoms with Gasteiger partial charge in [-0.2, -0.15) is 0 Å². The lowest BCUT2D eigenvalue weighted by atomic mass is 10.1. The number of carbonyl (C=O) groups excluding carboxylic acids is 2. The van der Waals surface area contributed by atoms with Crippen LogP contribution in [-0.4, -0.2) is 20.8 Å². The van der Waals surface area contributed by atoms with Crippen LogP contribution in [0.1, 0.15) is 32.9 Å². The predicted molar refractivity (Wildman–Crippen MR) is 101 cm³/mol. The minimum absolute atomic E-state index is 0.151. The second-order valence-corrected chi connectivity index (χ2v) is 7.52. The van der Waals surface area contributed by atoms with E-state index < -0.39 is 5.97 Å². The highest BCUT2D eigenvalue weighted by Crippen LogP contribution is 2.30. The number of nitrogens with zero attached hydrogens (tertiary/aromatic N) is 1. The summed E-state index contributed by atoms with van der Waals surface area (Å²) >= 11 is 6.26. The molecule has 1 aromatic carbocycles. The second kappa shape index (κ2) is 6.50. The van der Waals surface area contributed by atoms with Crippen LogP contribution in [-0.2, 0) is 4.79 Å². The first-order valence-corrected chi connectivity index (χ1v) is 8.76. The van der Waals surface area contributed by atoms with E-state index in [4.69, 9.17) is 12.2 Å². The van der Waals surface area contributed by atoms with Crippen molar-refractivity contribution in [1.29, 1.82) is 0 Å². The number of thiocarbonyl (C=S) groups is 1. The summed E-state index contributed by atoms with van der Waals surface area (Å²) in [5, 5.41) is 13.6. The van der Waals surface area contributed by atoms with Crippen molar-refractivity contribution in [1.82, 2.24) is 9.88 Å². The molecule has 1 aromatic heterocycles. The number of rotatable bonds is 3. The molecule has 2 aromatic rings. The molecule has 7 heteroatoms. The number of hydrogen-bond donors (Lipinski definition) is 1. The molecule has 2 heterocycles. The van der Waals surface area contributed by atoms with Crippen molar-refractivity contribution in [3.63, 3.8) is 0 Å². The molecule has 0 radical (unpaired) electrons. The highest BCUT2D eigenvalue weighted by Gasteiger charge is 2.23. The Labute approximate surface area is 154 Å². The molecule has 0 bridgehead atoms. The molecule has 1 fully saturated rings. The third kappa shape index (κ3) is 3.25. The zero-order chi connectivity index (χ0) is 18.3. The third-order valence-electron chi connectivity index (χ3n) is 4.07. The van der Waals surface area contributed by atoms with Crippen molar-refractivity contribution in [2.75, 3.05) is 0 Å². The van der Waals surface area contributed by atoms with Crippen LogP contribution in [0, 0.1) is 20.8 Å². The van der Waals surface area contributed by atoms with Gasteiger partial charge in [0.05, 0.1) is 10.9 Å². The Morgan fingerprint density at radius 2 is 2.00 bits per heavy atom. The number of carbonyl (C=O) groups is 2. The van der Waals surface area contributed by atoms with Crippen LogP contribution < -0.4 is 10.4 Å². The molecule has 0 aliphatic carbocycles. The van der Waals surface area contributed by atoms with Gasteiger partial charge in [-0.15, -0.1) is 0 Å². The maximum absolute atomic E-state index is 11.9. The summed E-state index contributed by atoms with van der Waals surface area (Å²) in [4.78, 5) is 23.4. The fourth-order valence-electron chi connectivity index (χ4n) is 2.90. The number of thioether (sulfide) groups is 1. The smallest absolute Gasteiger partial charge is 0.263 e. The lowest BCUT2D eigenvalue weighted by Gasteiger charge is -2.14. The fourth-order valence-corrected chi connectivity index (χ4v) is 3.94. The van der Waals surface area contributed by atoms with Gasteiger partial charge < -0.3 is 19.8 Å². The zero-order valence-corrected chi connectivity index (χ0v) is 15.5. The first kappa shape index (κ1) is 17.4. The molecule has 5 nitrogen and oxygen atoms in total. The summed E-state index contributed by atoms with van der Waals surface area (Å²) in [6.45, 7) is 5.78. The lowest BCUT2D eigenvalue weighted by molar-refractivity contribution is -0.255. The van der Waals surface area contributed by atoms with Crippen LogP contribution in [0.5, 0.6) is 0 Å². The summed E-state index contributed by atoms with van der Waals surface area (Å²) < 4.78 is 2.50. The number of carboxylic acids is 1. The van der Waals surface area contributed by atoms with Gasteiger partial charge in [0.25, 0.3) is 5.91 Å².